The van der Waals surface area contributed by atoms with Gasteiger partial charge in [0.05, 0.1) is 22.2 Å². The Hall–Kier alpha value is -1.52. The predicted molar refractivity (Wildman–Crippen MR) is 66.2 cm³/mol. The van der Waals surface area contributed by atoms with Crippen molar-refractivity contribution in [3.8, 4) is 0 Å². The van der Waals surface area contributed by atoms with Crippen LogP contribution in [0, 0.1) is 0 Å². The molecule has 88 valence electrons. The molecule has 0 radical (unpaired) electrons. The summed E-state index contributed by atoms with van der Waals surface area (Å²) < 4.78 is 0. The van der Waals surface area contributed by atoms with E-state index in [9.17, 15) is 4.79 Å². The Balaban J connectivity index is 2.10. The summed E-state index contributed by atoms with van der Waals surface area (Å²) >= 11 is 11.8. The maximum atomic E-state index is 11.9. The summed E-state index contributed by atoms with van der Waals surface area (Å²) in [5.74, 6) is 0.346. The van der Waals surface area contributed by atoms with Gasteiger partial charge in [0.1, 0.15) is 5.82 Å². The molecule has 0 aliphatic heterocycles. The summed E-state index contributed by atoms with van der Waals surface area (Å²) in [6.07, 6.45) is 3.30. The molecule has 4 nitrogen and oxygen atoms in total. The van der Waals surface area contributed by atoms with E-state index in [-0.39, 0.29) is 11.5 Å². The summed E-state index contributed by atoms with van der Waals surface area (Å²) in [5, 5.41) is 3.34. The number of halogens is 2. The lowest BCUT2D eigenvalue weighted by Gasteiger charge is -2.06. The molecule has 6 heteroatoms. The molecule has 1 amide bonds. The summed E-state index contributed by atoms with van der Waals surface area (Å²) in [5.41, 5.74) is 0.280. The van der Waals surface area contributed by atoms with Gasteiger partial charge in [0.25, 0.3) is 5.91 Å². The fourth-order valence-corrected chi connectivity index (χ4v) is 1.93. The maximum Gasteiger partial charge on any atom is 0.254 e. The van der Waals surface area contributed by atoms with Crippen LogP contribution in [0.1, 0.15) is 16.2 Å². The quantitative estimate of drug-likeness (QED) is 0.900. The fraction of sp³-hybridized carbons (Fsp3) is 0.0909. The average Bonchev–Trinajstić information content (AvgIpc) is 2.79. The Morgan fingerprint density at radius 1 is 1.35 bits per heavy atom. The molecule has 1 heterocycles. The van der Waals surface area contributed by atoms with Crippen LogP contribution >= 0.6 is 23.2 Å². The normalized spacial score (nSPS) is 10.2. The first-order valence-corrected chi connectivity index (χ1v) is 5.64. The van der Waals surface area contributed by atoms with Crippen molar-refractivity contribution >= 4 is 29.1 Å². The van der Waals surface area contributed by atoms with Crippen molar-refractivity contribution in [1.29, 1.82) is 0 Å². The Bertz CT molecular complexity index is 505. The molecule has 1 aromatic carbocycles. The van der Waals surface area contributed by atoms with Crippen LogP contribution < -0.4 is 5.32 Å². The first-order chi connectivity index (χ1) is 8.18. The predicted octanol–water partition coefficient (Wildman–Crippen LogP) is 2.65. The van der Waals surface area contributed by atoms with E-state index in [1.807, 2.05) is 0 Å². The molecule has 0 bridgehead atoms. The number of hydrogen-bond acceptors (Lipinski definition) is 2. The molecule has 2 rings (SSSR count). The van der Waals surface area contributed by atoms with Crippen molar-refractivity contribution in [2.75, 3.05) is 0 Å². The second-order valence-electron chi connectivity index (χ2n) is 3.32. The van der Waals surface area contributed by atoms with E-state index < -0.39 is 0 Å². The summed E-state index contributed by atoms with van der Waals surface area (Å²) in [4.78, 5) is 18.7. The van der Waals surface area contributed by atoms with Gasteiger partial charge in [-0.1, -0.05) is 29.3 Å². The third kappa shape index (κ3) is 2.78. The van der Waals surface area contributed by atoms with E-state index in [1.165, 1.54) is 0 Å². The van der Waals surface area contributed by atoms with Crippen molar-refractivity contribution in [1.82, 2.24) is 15.3 Å². The zero-order valence-electron chi connectivity index (χ0n) is 8.71. The first kappa shape index (κ1) is 12.0. The molecule has 2 aromatic rings. The minimum absolute atomic E-state index is 0.280. The molecule has 0 aliphatic carbocycles. The standard InChI is InChI=1S/C11H9Cl2N3O/c12-7-2-1-3-8(13)10(7)11(17)16-6-9-14-4-5-15-9/h1-5H,6H2,(H,14,15)(H,16,17). The smallest absolute Gasteiger partial charge is 0.254 e. The van der Waals surface area contributed by atoms with Crippen molar-refractivity contribution in [3.63, 3.8) is 0 Å². The number of amides is 1. The Morgan fingerprint density at radius 2 is 2.06 bits per heavy atom. The van der Waals surface area contributed by atoms with Crippen LogP contribution in [0.25, 0.3) is 0 Å². The highest BCUT2D eigenvalue weighted by Crippen LogP contribution is 2.23. The van der Waals surface area contributed by atoms with E-state index in [0.29, 0.717) is 22.4 Å². The third-order valence-corrected chi connectivity index (χ3v) is 2.79. The van der Waals surface area contributed by atoms with Gasteiger partial charge in [0, 0.05) is 12.4 Å². The van der Waals surface area contributed by atoms with E-state index in [2.05, 4.69) is 15.3 Å². The summed E-state index contributed by atoms with van der Waals surface area (Å²) in [6, 6.07) is 4.93. The molecule has 0 unspecified atom stereocenters. The second-order valence-corrected chi connectivity index (χ2v) is 4.13. The second kappa shape index (κ2) is 5.21. The largest absolute Gasteiger partial charge is 0.347 e. The van der Waals surface area contributed by atoms with Gasteiger partial charge in [-0.3, -0.25) is 4.79 Å². The van der Waals surface area contributed by atoms with E-state index >= 15 is 0 Å². The number of aromatic amines is 1. The van der Waals surface area contributed by atoms with Crippen LogP contribution in [0.5, 0.6) is 0 Å². The number of carbonyl (C=O) groups is 1. The number of nitrogens with zero attached hydrogens (tertiary/aromatic N) is 1. The highest BCUT2D eigenvalue weighted by molar-refractivity contribution is 6.39. The number of imidazole rings is 1. The monoisotopic (exact) mass is 269 g/mol. The number of H-pyrrole nitrogens is 1. The molecule has 0 spiro atoms. The van der Waals surface area contributed by atoms with Crippen LogP contribution in [0.3, 0.4) is 0 Å². The summed E-state index contributed by atoms with van der Waals surface area (Å²) in [6.45, 7) is 0.299. The third-order valence-electron chi connectivity index (χ3n) is 2.16. The fourth-order valence-electron chi connectivity index (χ4n) is 1.36. The topological polar surface area (TPSA) is 57.8 Å². The van der Waals surface area contributed by atoms with Gasteiger partial charge in [0.2, 0.25) is 0 Å². The zero-order valence-corrected chi connectivity index (χ0v) is 10.2. The zero-order chi connectivity index (χ0) is 12.3. The van der Waals surface area contributed by atoms with Crippen LogP contribution in [-0.2, 0) is 6.54 Å². The van der Waals surface area contributed by atoms with Gasteiger partial charge in [-0.25, -0.2) is 4.98 Å². The highest BCUT2D eigenvalue weighted by Gasteiger charge is 2.14. The first-order valence-electron chi connectivity index (χ1n) is 4.89. The van der Waals surface area contributed by atoms with Crippen molar-refractivity contribution in [3.05, 3.63) is 52.0 Å². The van der Waals surface area contributed by atoms with Gasteiger partial charge >= 0.3 is 0 Å². The van der Waals surface area contributed by atoms with Crippen LogP contribution in [0.4, 0.5) is 0 Å². The van der Waals surface area contributed by atoms with Crippen molar-refractivity contribution < 1.29 is 4.79 Å². The lowest BCUT2D eigenvalue weighted by Crippen LogP contribution is -2.24. The van der Waals surface area contributed by atoms with Gasteiger partial charge in [-0.2, -0.15) is 0 Å². The molecule has 0 aliphatic rings. The van der Waals surface area contributed by atoms with E-state index in [0.717, 1.165) is 0 Å². The number of benzene rings is 1. The minimum Gasteiger partial charge on any atom is -0.347 e. The molecule has 2 N–H and O–H groups in total. The molecule has 0 saturated heterocycles. The average molecular weight is 270 g/mol. The SMILES string of the molecule is O=C(NCc1ncc[nH]1)c1c(Cl)cccc1Cl. The highest BCUT2D eigenvalue weighted by atomic mass is 35.5. The van der Waals surface area contributed by atoms with E-state index in [4.69, 9.17) is 23.2 Å². The molecule has 0 atom stereocenters. The van der Waals surface area contributed by atoms with Crippen LogP contribution in [-0.4, -0.2) is 15.9 Å². The number of carbonyl (C=O) groups excluding carboxylic acids is 1. The van der Waals surface area contributed by atoms with Crippen LogP contribution in [0.2, 0.25) is 10.0 Å². The molecule has 1 aromatic heterocycles. The molecule has 17 heavy (non-hydrogen) atoms. The van der Waals surface area contributed by atoms with Gasteiger partial charge < -0.3 is 10.3 Å². The number of nitrogens with one attached hydrogen (secondary N) is 2. The number of rotatable bonds is 3. The molecule has 0 saturated carbocycles. The maximum absolute atomic E-state index is 11.9. The Labute approximate surface area is 108 Å². The lowest BCUT2D eigenvalue weighted by atomic mass is 10.2. The summed E-state index contributed by atoms with van der Waals surface area (Å²) in [7, 11) is 0. The molecular weight excluding hydrogens is 261 g/mol. The molecule has 0 fully saturated rings. The lowest BCUT2D eigenvalue weighted by molar-refractivity contribution is 0.0950. The number of aromatic nitrogens is 2. The Morgan fingerprint density at radius 3 is 2.65 bits per heavy atom. The van der Waals surface area contributed by atoms with Gasteiger partial charge in [0.15, 0.2) is 0 Å². The van der Waals surface area contributed by atoms with Crippen LogP contribution in [0.15, 0.2) is 30.6 Å². The number of hydrogen-bond donors (Lipinski definition) is 2. The van der Waals surface area contributed by atoms with Gasteiger partial charge in [-0.15, -0.1) is 0 Å². The molecular formula is C11H9Cl2N3O. The van der Waals surface area contributed by atoms with Gasteiger partial charge in [-0.05, 0) is 12.1 Å². The Kier molecular flexibility index (Phi) is 3.66. The van der Waals surface area contributed by atoms with Crippen molar-refractivity contribution in [2.45, 2.75) is 6.54 Å². The minimum atomic E-state index is -0.322. The van der Waals surface area contributed by atoms with Crippen molar-refractivity contribution in [2.24, 2.45) is 0 Å². The van der Waals surface area contributed by atoms with E-state index in [1.54, 1.807) is 30.6 Å².